The molecule has 1 aromatic carbocycles. The van der Waals surface area contributed by atoms with Crippen molar-refractivity contribution in [3.8, 4) is 5.75 Å². The highest BCUT2D eigenvalue weighted by atomic mass is 127. The number of carbonyl (C=O) groups excluding carboxylic acids is 1. The molecule has 1 amide bonds. The van der Waals surface area contributed by atoms with Crippen LogP contribution in [0.2, 0.25) is 0 Å². The molecule has 0 aromatic heterocycles. The SMILES string of the molecule is CCNC(=NCc1cccc(OCC(=O)NC2CC2)c1)NCC1(C)CCCS1.I. The van der Waals surface area contributed by atoms with Crippen LogP contribution in [0.4, 0.5) is 0 Å². The molecule has 8 heteroatoms. The van der Waals surface area contributed by atoms with Gasteiger partial charge in [0.15, 0.2) is 12.6 Å². The third kappa shape index (κ3) is 8.62. The van der Waals surface area contributed by atoms with Gasteiger partial charge in [0.25, 0.3) is 5.91 Å². The van der Waals surface area contributed by atoms with Crippen LogP contribution in [0.25, 0.3) is 0 Å². The van der Waals surface area contributed by atoms with Crippen molar-refractivity contribution in [1.82, 2.24) is 16.0 Å². The number of aliphatic imine (C=N–C) groups is 1. The summed E-state index contributed by atoms with van der Waals surface area (Å²) < 4.78 is 5.92. The molecule has 1 aliphatic carbocycles. The van der Waals surface area contributed by atoms with Gasteiger partial charge < -0.3 is 20.7 Å². The molecule has 3 rings (SSSR count). The maximum atomic E-state index is 11.8. The predicted molar refractivity (Wildman–Crippen MR) is 131 cm³/mol. The lowest BCUT2D eigenvalue weighted by molar-refractivity contribution is -0.123. The van der Waals surface area contributed by atoms with Gasteiger partial charge in [0, 0.05) is 23.9 Å². The molecule has 1 saturated heterocycles. The highest BCUT2D eigenvalue weighted by Crippen LogP contribution is 2.36. The Balaban J connectivity index is 0.00000300. The zero-order valence-corrected chi connectivity index (χ0v) is 20.5. The first-order chi connectivity index (χ1) is 13.6. The molecular weight excluding hydrogens is 499 g/mol. The van der Waals surface area contributed by atoms with E-state index >= 15 is 0 Å². The van der Waals surface area contributed by atoms with E-state index in [9.17, 15) is 4.79 Å². The van der Waals surface area contributed by atoms with Crippen molar-refractivity contribution in [1.29, 1.82) is 0 Å². The first-order valence-corrected chi connectivity index (χ1v) is 11.2. The van der Waals surface area contributed by atoms with E-state index in [0.717, 1.165) is 37.5 Å². The van der Waals surface area contributed by atoms with Gasteiger partial charge in [-0.3, -0.25) is 4.79 Å². The molecule has 1 saturated carbocycles. The van der Waals surface area contributed by atoms with Crippen LogP contribution < -0.4 is 20.7 Å². The van der Waals surface area contributed by atoms with Crippen LogP contribution in [-0.4, -0.2) is 48.1 Å². The molecule has 1 aliphatic heterocycles. The lowest BCUT2D eigenvalue weighted by Crippen LogP contribution is -2.43. The number of benzene rings is 1. The summed E-state index contributed by atoms with van der Waals surface area (Å²) in [5.41, 5.74) is 1.05. The Kier molecular flexibility index (Phi) is 9.88. The van der Waals surface area contributed by atoms with Crippen molar-refractivity contribution in [2.24, 2.45) is 4.99 Å². The third-order valence-corrected chi connectivity index (χ3v) is 6.44. The van der Waals surface area contributed by atoms with Gasteiger partial charge in [-0.15, -0.1) is 24.0 Å². The summed E-state index contributed by atoms with van der Waals surface area (Å²) in [5.74, 6) is 2.73. The van der Waals surface area contributed by atoms with Crippen LogP contribution >= 0.6 is 35.7 Å². The first kappa shape index (κ1) is 24.1. The molecule has 1 unspecified atom stereocenters. The summed E-state index contributed by atoms with van der Waals surface area (Å²) >= 11 is 2.04. The Hall–Kier alpha value is -1.16. The van der Waals surface area contributed by atoms with Crippen molar-refractivity contribution in [3.63, 3.8) is 0 Å². The third-order valence-electron chi connectivity index (χ3n) is 4.91. The number of thioether (sulfide) groups is 1. The zero-order valence-electron chi connectivity index (χ0n) is 17.3. The van der Waals surface area contributed by atoms with E-state index < -0.39 is 0 Å². The number of carbonyl (C=O) groups is 1. The van der Waals surface area contributed by atoms with Crippen molar-refractivity contribution < 1.29 is 9.53 Å². The number of amides is 1. The summed E-state index contributed by atoms with van der Waals surface area (Å²) in [6, 6.07) is 8.15. The molecule has 0 radical (unpaired) electrons. The van der Waals surface area contributed by atoms with Gasteiger partial charge in [0.2, 0.25) is 0 Å². The number of halogens is 1. The number of rotatable bonds is 9. The molecule has 1 atom stereocenters. The Morgan fingerprint density at radius 2 is 2.17 bits per heavy atom. The Morgan fingerprint density at radius 3 is 2.86 bits per heavy atom. The van der Waals surface area contributed by atoms with Crippen LogP contribution in [0.15, 0.2) is 29.3 Å². The highest BCUT2D eigenvalue weighted by molar-refractivity contribution is 14.0. The minimum Gasteiger partial charge on any atom is -0.484 e. The number of nitrogens with one attached hydrogen (secondary N) is 3. The lowest BCUT2D eigenvalue weighted by Gasteiger charge is -2.24. The first-order valence-electron chi connectivity index (χ1n) is 10.2. The predicted octanol–water partition coefficient (Wildman–Crippen LogP) is 3.30. The minimum absolute atomic E-state index is 0. The van der Waals surface area contributed by atoms with E-state index in [1.54, 1.807) is 0 Å². The van der Waals surface area contributed by atoms with Crippen LogP contribution in [0.3, 0.4) is 0 Å². The number of hydrogen-bond acceptors (Lipinski definition) is 4. The van der Waals surface area contributed by atoms with Gasteiger partial charge in [0.1, 0.15) is 5.75 Å². The number of hydrogen-bond donors (Lipinski definition) is 3. The van der Waals surface area contributed by atoms with Gasteiger partial charge in [-0.2, -0.15) is 11.8 Å². The second kappa shape index (κ2) is 11.9. The maximum absolute atomic E-state index is 11.8. The number of nitrogens with zero attached hydrogens (tertiary/aromatic N) is 1. The Morgan fingerprint density at radius 1 is 1.34 bits per heavy atom. The van der Waals surface area contributed by atoms with Gasteiger partial charge in [-0.05, 0) is 63.0 Å². The fourth-order valence-corrected chi connectivity index (χ4v) is 4.38. The van der Waals surface area contributed by atoms with Gasteiger partial charge in [-0.25, -0.2) is 4.99 Å². The second-order valence-corrected chi connectivity index (χ2v) is 9.41. The van der Waals surface area contributed by atoms with E-state index in [2.05, 4.69) is 29.8 Å². The van der Waals surface area contributed by atoms with E-state index in [1.807, 2.05) is 36.0 Å². The molecule has 0 bridgehead atoms. The molecule has 29 heavy (non-hydrogen) atoms. The van der Waals surface area contributed by atoms with Crippen molar-refractivity contribution >= 4 is 47.6 Å². The molecule has 1 heterocycles. The monoisotopic (exact) mass is 532 g/mol. The Labute approximate surface area is 195 Å². The molecule has 2 fully saturated rings. The van der Waals surface area contributed by atoms with Gasteiger partial charge in [0.05, 0.1) is 6.54 Å². The topological polar surface area (TPSA) is 74.8 Å². The van der Waals surface area contributed by atoms with Crippen LogP contribution in [0.1, 0.15) is 45.1 Å². The molecular formula is C21H33IN4O2S. The minimum atomic E-state index is -0.0529. The molecule has 1 aromatic rings. The average Bonchev–Trinajstić information content (AvgIpc) is 3.40. The summed E-state index contributed by atoms with van der Waals surface area (Å²) in [4.78, 5) is 16.5. The van der Waals surface area contributed by atoms with Crippen LogP contribution in [-0.2, 0) is 11.3 Å². The van der Waals surface area contributed by atoms with Crippen molar-refractivity contribution in [2.45, 2.75) is 56.9 Å². The van der Waals surface area contributed by atoms with Crippen LogP contribution in [0.5, 0.6) is 5.75 Å². The van der Waals surface area contributed by atoms with Crippen LogP contribution in [0, 0.1) is 0 Å². The molecule has 3 N–H and O–H groups in total. The van der Waals surface area contributed by atoms with Crippen molar-refractivity contribution in [2.75, 3.05) is 25.4 Å². The molecule has 6 nitrogen and oxygen atoms in total. The molecule has 162 valence electrons. The van der Waals surface area contributed by atoms with E-state index in [-0.39, 0.29) is 36.5 Å². The number of guanidine groups is 1. The maximum Gasteiger partial charge on any atom is 0.258 e. The highest BCUT2D eigenvalue weighted by Gasteiger charge is 2.29. The smallest absolute Gasteiger partial charge is 0.258 e. The van der Waals surface area contributed by atoms with E-state index in [4.69, 9.17) is 9.73 Å². The summed E-state index contributed by atoms with van der Waals surface area (Å²) in [6.07, 6.45) is 4.71. The fraction of sp³-hybridized carbons (Fsp3) is 0.619. The second-order valence-electron chi connectivity index (χ2n) is 7.73. The normalized spacial score (nSPS) is 21.2. The average molecular weight is 532 g/mol. The van der Waals surface area contributed by atoms with Crippen molar-refractivity contribution in [3.05, 3.63) is 29.8 Å². The number of ether oxygens (including phenoxy) is 1. The largest absolute Gasteiger partial charge is 0.484 e. The quantitative estimate of drug-likeness (QED) is 0.259. The summed E-state index contributed by atoms with van der Waals surface area (Å²) in [7, 11) is 0. The van der Waals surface area contributed by atoms with Gasteiger partial charge >= 0.3 is 0 Å². The standard InChI is InChI=1S/C21H32N4O2S.HI/c1-3-22-20(24-15-21(2)10-5-11-28-21)23-13-16-6-4-7-18(12-16)27-14-19(26)25-17-8-9-17;/h4,6-7,12,17H,3,5,8-11,13-15H2,1-2H3,(H,25,26)(H2,22,23,24);1H. The van der Waals surface area contributed by atoms with E-state index in [0.29, 0.717) is 23.1 Å². The van der Waals surface area contributed by atoms with E-state index in [1.165, 1.54) is 18.6 Å². The molecule has 2 aliphatic rings. The Bertz CT molecular complexity index is 691. The van der Waals surface area contributed by atoms with Gasteiger partial charge in [-0.1, -0.05) is 12.1 Å². The summed E-state index contributed by atoms with van der Waals surface area (Å²) in [5, 5.41) is 9.73. The lowest BCUT2D eigenvalue weighted by atomic mass is 10.1. The molecule has 0 spiro atoms. The fourth-order valence-electron chi connectivity index (χ4n) is 3.14. The zero-order chi connectivity index (χ0) is 19.8. The summed E-state index contributed by atoms with van der Waals surface area (Å²) in [6.45, 7) is 6.76.